The zero-order chi connectivity index (χ0) is 26.4. The number of carbonyl (C=O) groups is 2. The van der Waals surface area contributed by atoms with Crippen LogP contribution in [0.1, 0.15) is 31.4 Å². The largest absolute Gasteiger partial charge is 0.432 e. The van der Waals surface area contributed by atoms with Crippen LogP contribution >= 0.6 is 15.9 Å². The number of fused-ring (bicyclic) bond motifs is 2. The van der Waals surface area contributed by atoms with Crippen LogP contribution in [0.4, 0.5) is 11.4 Å². The summed E-state index contributed by atoms with van der Waals surface area (Å²) in [6, 6.07) is 12.8. The lowest BCUT2D eigenvalue weighted by Gasteiger charge is -2.32. The normalized spacial score (nSPS) is 26.4. The molecule has 2 aliphatic rings. The fraction of sp³-hybridized carbons (Fsp3) is 0.462. The van der Waals surface area contributed by atoms with Crippen molar-refractivity contribution in [2.45, 2.75) is 63.3 Å². The Morgan fingerprint density at radius 3 is 2.50 bits per heavy atom. The summed E-state index contributed by atoms with van der Waals surface area (Å²) >= 11 is 3.54. The predicted octanol–water partition coefficient (Wildman–Crippen LogP) is 3.50. The van der Waals surface area contributed by atoms with Gasteiger partial charge >= 0.3 is 0 Å². The van der Waals surface area contributed by atoms with Crippen molar-refractivity contribution in [2.75, 3.05) is 16.8 Å². The van der Waals surface area contributed by atoms with E-state index in [-0.39, 0.29) is 24.0 Å². The van der Waals surface area contributed by atoms with E-state index in [0.717, 1.165) is 21.3 Å². The molecule has 2 heterocycles. The Balaban J connectivity index is 1.69. The quantitative estimate of drug-likeness (QED) is 0.374. The van der Waals surface area contributed by atoms with Crippen LogP contribution < -0.4 is 10.2 Å². The highest BCUT2D eigenvalue weighted by atomic mass is 79.9. The van der Waals surface area contributed by atoms with Crippen molar-refractivity contribution in [2.24, 2.45) is 5.92 Å². The maximum Gasteiger partial charge on any atom is 0.264 e. The third-order valence-corrected chi connectivity index (χ3v) is 10.3. The van der Waals surface area contributed by atoms with Crippen LogP contribution in [0.5, 0.6) is 0 Å². The van der Waals surface area contributed by atoms with Crippen molar-refractivity contribution in [3.05, 3.63) is 58.1 Å². The van der Waals surface area contributed by atoms with E-state index in [1.54, 1.807) is 17.0 Å². The van der Waals surface area contributed by atoms with Gasteiger partial charge in [-0.1, -0.05) is 35.0 Å². The number of aliphatic hydroxyl groups is 2. The van der Waals surface area contributed by atoms with Crippen LogP contribution in [-0.4, -0.2) is 54.0 Å². The zero-order valence-electron chi connectivity index (χ0n) is 20.9. The molecule has 1 spiro atoms. The number of amides is 2. The smallest absolute Gasteiger partial charge is 0.264 e. The summed E-state index contributed by atoms with van der Waals surface area (Å²) in [6.45, 7) is 7.30. The first kappa shape index (κ1) is 27.0. The van der Waals surface area contributed by atoms with Gasteiger partial charge in [0.1, 0.15) is 6.10 Å². The molecule has 1 fully saturated rings. The minimum absolute atomic E-state index is 0.0877. The van der Waals surface area contributed by atoms with Crippen molar-refractivity contribution in [3.63, 3.8) is 0 Å². The molecule has 2 amide bonds. The van der Waals surface area contributed by atoms with Gasteiger partial charge in [0, 0.05) is 33.8 Å². The van der Waals surface area contributed by atoms with Gasteiger partial charge in [-0.05, 0) is 62.3 Å². The molecule has 2 aromatic rings. The Labute approximate surface area is 220 Å². The summed E-state index contributed by atoms with van der Waals surface area (Å²) in [4.78, 5) is 38.8. The highest BCUT2D eigenvalue weighted by molar-refractivity contribution is 9.10. The molecule has 0 bridgehead atoms. The second-order valence-corrected chi connectivity index (χ2v) is 15.2. The van der Waals surface area contributed by atoms with Crippen molar-refractivity contribution in [1.82, 2.24) is 0 Å². The summed E-state index contributed by atoms with van der Waals surface area (Å²) in [5.74, 6) is -0.962. The SMILES string of the molecule is C[C@H](O)C(=O)Nc1ccc(CN2C(=O)[C@@]3(O[C@@H](CCO)[C@H]([Si](C)(C)O)[C@H]3C)c3cc(Br)ccc32)cc1. The highest BCUT2D eigenvalue weighted by Crippen LogP contribution is 2.60. The Hall–Kier alpha value is -2.08. The van der Waals surface area contributed by atoms with Crippen molar-refractivity contribution >= 4 is 47.4 Å². The number of hydrogen-bond acceptors (Lipinski definition) is 6. The van der Waals surface area contributed by atoms with Crippen LogP contribution in [0.15, 0.2) is 46.9 Å². The topological polar surface area (TPSA) is 119 Å². The fourth-order valence-corrected chi connectivity index (χ4v) is 8.69. The van der Waals surface area contributed by atoms with E-state index in [1.165, 1.54) is 6.92 Å². The van der Waals surface area contributed by atoms with Gasteiger partial charge in [-0.25, -0.2) is 0 Å². The van der Waals surface area contributed by atoms with Gasteiger partial charge in [0.15, 0.2) is 13.9 Å². The first-order valence-electron chi connectivity index (χ1n) is 12.1. The minimum Gasteiger partial charge on any atom is -0.432 e. The molecule has 36 heavy (non-hydrogen) atoms. The molecule has 0 saturated carbocycles. The zero-order valence-corrected chi connectivity index (χ0v) is 23.4. The average molecular weight is 578 g/mol. The third kappa shape index (κ3) is 4.66. The Kier molecular flexibility index (Phi) is 7.49. The van der Waals surface area contributed by atoms with Gasteiger partial charge in [-0.3, -0.25) is 9.59 Å². The first-order chi connectivity index (χ1) is 16.9. The van der Waals surface area contributed by atoms with E-state index in [0.29, 0.717) is 18.7 Å². The third-order valence-electron chi connectivity index (χ3n) is 7.30. The highest BCUT2D eigenvalue weighted by Gasteiger charge is 2.66. The molecular weight excluding hydrogens is 544 g/mol. The van der Waals surface area contributed by atoms with E-state index in [9.17, 15) is 24.6 Å². The molecule has 2 aromatic carbocycles. The number of ether oxygens (including phenoxy) is 1. The number of rotatable bonds is 7. The minimum atomic E-state index is -2.74. The monoisotopic (exact) mass is 576 g/mol. The Morgan fingerprint density at radius 1 is 1.25 bits per heavy atom. The van der Waals surface area contributed by atoms with Gasteiger partial charge in [-0.2, -0.15) is 0 Å². The average Bonchev–Trinajstić information content (AvgIpc) is 3.22. The summed E-state index contributed by atoms with van der Waals surface area (Å²) in [6.07, 6.45) is -1.19. The van der Waals surface area contributed by atoms with E-state index >= 15 is 0 Å². The van der Waals surface area contributed by atoms with E-state index in [1.807, 2.05) is 50.3 Å². The number of benzene rings is 2. The summed E-state index contributed by atoms with van der Waals surface area (Å²) in [5.41, 5.74) is 1.45. The Morgan fingerprint density at radius 2 is 1.92 bits per heavy atom. The number of aliphatic hydroxyl groups excluding tert-OH is 2. The number of anilines is 2. The van der Waals surface area contributed by atoms with Gasteiger partial charge in [-0.15, -0.1) is 0 Å². The van der Waals surface area contributed by atoms with Crippen molar-refractivity contribution in [3.8, 4) is 0 Å². The van der Waals surface area contributed by atoms with Crippen molar-refractivity contribution < 1.29 is 29.3 Å². The van der Waals surface area contributed by atoms with Gasteiger partial charge in [0.25, 0.3) is 11.8 Å². The number of nitrogens with one attached hydrogen (secondary N) is 1. The van der Waals surface area contributed by atoms with E-state index < -0.39 is 32.0 Å². The van der Waals surface area contributed by atoms with Crippen LogP contribution in [0.25, 0.3) is 0 Å². The lowest BCUT2D eigenvalue weighted by molar-refractivity contribution is -0.146. The maximum atomic E-state index is 14.2. The van der Waals surface area contributed by atoms with Crippen molar-refractivity contribution in [1.29, 1.82) is 0 Å². The molecule has 2 aliphatic heterocycles. The van der Waals surface area contributed by atoms with Gasteiger partial charge in [0.05, 0.1) is 18.3 Å². The molecule has 0 radical (unpaired) electrons. The van der Waals surface area contributed by atoms with Crippen LogP contribution in [0.2, 0.25) is 18.6 Å². The number of hydrogen-bond donors (Lipinski definition) is 4. The van der Waals surface area contributed by atoms with Crippen LogP contribution in [0.3, 0.4) is 0 Å². The van der Waals surface area contributed by atoms with Gasteiger partial charge < -0.3 is 30.0 Å². The standard InChI is InChI=1S/C26H33BrN2O6Si/c1-15-23(36(3,4)34)22(11-12-30)35-26(15)20-13-18(27)7-10-21(20)29(25(26)33)14-17-5-8-19(9-6-17)28-24(32)16(2)31/h5-10,13,15-16,22-23,30-31,34H,11-12,14H2,1-4H3,(H,28,32)/t15-,16+,22+,23-,26+/m1/s1. The maximum absolute atomic E-state index is 14.2. The second kappa shape index (κ2) is 10.00. The lowest BCUT2D eigenvalue weighted by atomic mass is 9.82. The molecule has 0 aromatic heterocycles. The molecule has 1 saturated heterocycles. The van der Waals surface area contributed by atoms with Gasteiger partial charge in [0.2, 0.25) is 0 Å². The molecule has 5 atom stereocenters. The second-order valence-electron chi connectivity index (χ2n) is 10.3. The Bertz CT molecular complexity index is 1150. The van der Waals surface area contributed by atoms with E-state index in [2.05, 4.69) is 21.2 Å². The summed E-state index contributed by atoms with van der Waals surface area (Å²) < 4.78 is 7.41. The molecule has 10 heteroatoms. The predicted molar refractivity (Wildman–Crippen MR) is 143 cm³/mol. The van der Waals surface area contributed by atoms with Crippen LogP contribution in [-0.2, 0) is 26.5 Å². The number of carbonyl (C=O) groups excluding carboxylic acids is 2. The molecule has 0 aliphatic carbocycles. The molecule has 8 nitrogen and oxygen atoms in total. The lowest BCUT2D eigenvalue weighted by Crippen LogP contribution is -2.46. The molecule has 0 unspecified atom stereocenters. The first-order valence-corrected chi connectivity index (χ1v) is 15.9. The molecule has 4 rings (SSSR count). The fourth-order valence-electron chi connectivity index (χ4n) is 5.73. The summed E-state index contributed by atoms with van der Waals surface area (Å²) in [7, 11) is -2.74. The number of halogens is 1. The summed E-state index contributed by atoms with van der Waals surface area (Å²) in [5, 5.41) is 21.8. The van der Waals surface area contributed by atoms with E-state index in [4.69, 9.17) is 4.74 Å². The molecular formula is C26H33BrN2O6Si. The van der Waals surface area contributed by atoms with Crippen LogP contribution in [0, 0.1) is 5.92 Å². The number of nitrogens with zero attached hydrogens (tertiary/aromatic N) is 1. The molecule has 194 valence electrons. The molecule has 4 N–H and O–H groups in total.